The molecule has 0 aliphatic heterocycles. The molecule has 1 aromatic heterocycles. The Labute approximate surface area is 113 Å². The van der Waals surface area contributed by atoms with Crippen molar-refractivity contribution in [3.63, 3.8) is 0 Å². The third kappa shape index (κ3) is 2.26. The Morgan fingerprint density at radius 3 is 2.61 bits per heavy atom. The van der Waals surface area contributed by atoms with E-state index in [9.17, 15) is 4.79 Å². The average Bonchev–Trinajstić information content (AvgIpc) is 2.35. The molecule has 2 N–H and O–H groups in total. The monoisotopic (exact) mass is 308 g/mol. The molecule has 0 bridgehead atoms. The van der Waals surface area contributed by atoms with E-state index in [0.717, 1.165) is 15.6 Å². The maximum absolute atomic E-state index is 11.7. The molecular weight excluding hydrogens is 296 g/mol. The lowest BCUT2D eigenvalue weighted by molar-refractivity contribution is 0.416. The largest absolute Gasteiger partial charge is 0.496 e. The highest BCUT2D eigenvalue weighted by Crippen LogP contribution is 2.32. The lowest BCUT2D eigenvalue weighted by Crippen LogP contribution is -2.18. The molecule has 0 saturated heterocycles. The Morgan fingerprint density at radius 2 is 2.00 bits per heavy atom. The number of pyridine rings is 1. The number of aromatic nitrogens is 1. The van der Waals surface area contributed by atoms with Gasteiger partial charge in [-0.1, -0.05) is 15.9 Å². The Hall–Kier alpha value is -1.75. The molecule has 0 saturated carbocycles. The molecule has 0 radical (unpaired) electrons. The summed E-state index contributed by atoms with van der Waals surface area (Å²) in [5.74, 6) is 1.12. The molecule has 0 atom stereocenters. The molecule has 0 spiro atoms. The van der Waals surface area contributed by atoms with Crippen LogP contribution in [0.1, 0.15) is 0 Å². The lowest BCUT2D eigenvalue weighted by Gasteiger charge is -2.11. The minimum Gasteiger partial charge on any atom is -0.496 e. The SMILES string of the molecule is COc1ccc(Br)cc1-c1cc(N)n(C)c(=O)c1. The summed E-state index contributed by atoms with van der Waals surface area (Å²) in [6.07, 6.45) is 0. The van der Waals surface area contributed by atoms with Crippen LogP contribution in [0.25, 0.3) is 11.1 Å². The Morgan fingerprint density at radius 1 is 1.28 bits per heavy atom. The average molecular weight is 309 g/mol. The number of hydrogen-bond donors (Lipinski definition) is 1. The van der Waals surface area contributed by atoms with Gasteiger partial charge in [0.25, 0.3) is 5.56 Å². The van der Waals surface area contributed by atoms with E-state index in [1.807, 2.05) is 18.2 Å². The maximum Gasteiger partial charge on any atom is 0.252 e. The van der Waals surface area contributed by atoms with Crippen molar-refractivity contribution in [2.24, 2.45) is 7.05 Å². The van der Waals surface area contributed by atoms with Crippen LogP contribution in [0.4, 0.5) is 5.82 Å². The molecule has 0 aliphatic rings. The van der Waals surface area contributed by atoms with Crippen molar-refractivity contribution in [2.45, 2.75) is 0 Å². The van der Waals surface area contributed by atoms with Crippen molar-refractivity contribution >= 4 is 21.7 Å². The fraction of sp³-hybridized carbons (Fsp3) is 0.154. The Kier molecular flexibility index (Phi) is 3.43. The van der Waals surface area contributed by atoms with Crippen LogP contribution < -0.4 is 16.0 Å². The van der Waals surface area contributed by atoms with Crippen LogP contribution in [0.15, 0.2) is 39.6 Å². The van der Waals surface area contributed by atoms with E-state index in [2.05, 4.69) is 15.9 Å². The van der Waals surface area contributed by atoms with Gasteiger partial charge in [-0.05, 0) is 29.8 Å². The quantitative estimate of drug-likeness (QED) is 0.927. The topological polar surface area (TPSA) is 57.2 Å². The van der Waals surface area contributed by atoms with Gasteiger partial charge in [-0.3, -0.25) is 9.36 Å². The number of nitrogen functional groups attached to an aromatic ring is 1. The highest BCUT2D eigenvalue weighted by Gasteiger charge is 2.09. The highest BCUT2D eigenvalue weighted by molar-refractivity contribution is 9.10. The molecule has 4 nitrogen and oxygen atoms in total. The van der Waals surface area contributed by atoms with Crippen LogP contribution in [0.5, 0.6) is 5.75 Å². The van der Waals surface area contributed by atoms with Crippen molar-refractivity contribution in [1.82, 2.24) is 4.57 Å². The predicted molar refractivity (Wildman–Crippen MR) is 75.8 cm³/mol. The second-order valence-electron chi connectivity index (χ2n) is 3.91. The second-order valence-corrected chi connectivity index (χ2v) is 4.83. The number of nitrogens with zero attached hydrogens (tertiary/aromatic N) is 1. The zero-order chi connectivity index (χ0) is 13.3. The van der Waals surface area contributed by atoms with E-state index in [1.165, 1.54) is 4.57 Å². The zero-order valence-corrected chi connectivity index (χ0v) is 11.7. The number of benzene rings is 1. The Bertz CT molecular complexity index is 650. The molecule has 5 heteroatoms. The van der Waals surface area contributed by atoms with Gasteiger partial charge in [-0.25, -0.2) is 0 Å². The molecule has 94 valence electrons. The van der Waals surface area contributed by atoms with Crippen molar-refractivity contribution in [2.75, 3.05) is 12.8 Å². The molecule has 2 rings (SSSR count). The predicted octanol–water partition coefficient (Wildman–Crippen LogP) is 2.41. The first-order valence-electron chi connectivity index (χ1n) is 5.33. The first-order valence-corrected chi connectivity index (χ1v) is 6.12. The maximum atomic E-state index is 11.7. The minimum absolute atomic E-state index is 0.146. The molecule has 2 aromatic rings. The van der Waals surface area contributed by atoms with Gasteiger partial charge in [0.2, 0.25) is 0 Å². The Balaban J connectivity index is 2.69. The summed E-state index contributed by atoms with van der Waals surface area (Å²) in [5, 5.41) is 0. The number of methoxy groups -OCH3 is 1. The van der Waals surface area contributed by atoms with E-state index in [-0.39, 0.29) is 5.56 Å². The second kappa shape index (κ2) is 4.86. The highest BCUT2D eigenvalue weighted by atomic mass is 79.9. The van der Waals surface area contributed by atoms with E-state index in [0.29, 0.717) is 11.6 Å². The summed E-state index contributed by atoms with van der Waals surface area (Å²) in [4.78, 5) is 11.7. The van der Waals surface area contributed by atoms with Crippen LogP contribution in [-0.4, -0.2) is 11.7 Å². The number of rotatable bonds is 2. The van der Waals surface area contributed by atoms with Gasteiger partial charge in [0.15, 0.2) is 0 Å². The van der Waals surface area contributed by atoms with Gasteiger partial charge in [0.05, 0.1) is 7.11 Å². The van der Waals surface area contributed by atoms with Crippen LogP contribution in [-0.2, 0) is 7.05 Å². The fourth-order valence-corrected chi connectivity index (χ4v) is 2.08. The van der Waals surface area contributed by atoms with Crippen LogP contribution in [0, 0.1) is 0 Å². The third-order valence-corrected chi connectivity index (χ3v) is 3.27. The lowest BCUT2D eigenvalue weighted by atomic mass is 10.1. The van der Waals surface area contributed by atoms with E-state index in [1.54, 1.807) is 26.3 Å². The minimum atomic E-state index is -0.146. The number of ether oxygens (including phenoxy) is 1. The molecule has 0 aliphatic carbocycles. The smallest absolute Gasteiger partial charge is 0.252 e. The molecule has 0 unspecified atom stereocenters. The summed E-state index contributed by atoms with van der Waals surface area (Å²) < 4.78 is 7.61. The molecular formula is C13H13BrN2O2. The third-order valence-electron chi connectivity index (χ3n) is 2.77. The van der Waals surface area contributed by atoms with E-state index >= 15 is 0 Å². The van der Waals surface area contributed by atoms with Gasteiger partial charge in [0.1, 0.15) is 11.6 Å². The van der Waals surface area contributed by atoms with Crippen molar-refractivity contribution in [3.8, 4) is 16.9 Å². The molecule has 0 amide bonds. The first kappa shape index (κ1) is 12.7. The van der Waals surface area contributed by atoms with E-state index in [4.69, 9.17) is 10.5 Å². The first-order chi connectivity index (χ1) is 8.52. The fourth-order valence-electron chi connectivity index (χ4n) is 1.72. The number of halogens is 1. The summed E-state index contributed by atoms with van der Waals surface area (Å²) in [6, 6.07) is 8.92. The molecule has 0 fully saturated rings. The van der Waals surface area contributed by atoms with Crippen LogP contribution in [0.3, 0.4) is 0 Å². The van der Waals surface area contributed by atoms with Gasteiger partial charge >= 0.3 is 0 Å². The van der Waals surface area contributed by atoms with Crippen molar-refractivity contribution in [1.29, 1.82) is 0 Å². The van der Waals surface area contributed by atoms with Crippen molar-refractivity contribution < 1.29 is 4.74 Å². The van der Waals surface area contributed by atoms with Gasteiger partial charge in [-0.15, -0.1) is 0 Å². The van der Waals surface area contributed by atoms with E-state index < -0.39 is 0 Å². The molecule has 1 aromatic carbocycles. The standard InChI is InChI=1S/C13H13BrN2O2/c1-16-12(15)5-8(6-13(16)17)10-7-9(14)3-4-11(10)18-2/h3-7H,15H2,1-2H3. The zero-order valence-electron chi connectivity index (χ0n) is 10.1. The number of anilines is 1. The molecule has 1 heterocycles. The number of nitrogens with two attached hydrogens (primary N) is 1. The summed E-state index contributed by atoms with van der Waals surface area (Å²) in [5.41, 5.74) is 7.23. The van der Waals surface area contributed by atoms with Crippen LogP contribution >= 0.6 is 15.9 Å². The molecule has 18 heavy (non-hydrogen) atoms. The summed E-state index contributed by atoms with van der Waals surface area (Å²) in [7, 11) is 3.23. The summed E-state index contributed by atoms with van der Waals surface area (Å²) >= 11 is 3.40. The summed E-state index contributed by atoms with van der Waals surface area (Å²) in [6.45, 7) is 0. The van der Waals surface area contributed by atoms with Gasteiger partial charge in [0, 0.05) is 23.2 Å². The van der Waals surface area contributed by atoms with Crippen molar-refractivity contribution in [3.05, 3.63) is 45.2 Å². The number of hydrogen-bond acceptors (Lipinski definition) is 3. The van der Waals surface area contributed by atoms with Gasteiger partial charge in [-0.2, -0.15) is 0 Å². The van der Waals surface area contributed by atoms with Crippen LogP contribution in [0.2, 0.25) is 0 Å². The van der Waals surface area contributed by atoms with Gasteiger partial charge < -0.3 is 10.5 Å². The normalized spacial score (nSPS) is 10.4.